The van der Waals surface area contributed by atoms with Gasteiger partial charge in [-0.3, -0.25) is 4.79 Å². The summed E-state index contributed by atoms with van der Waals surface area (Å²) in [7, 11) is -3.23. The number of hydrogen-bond donors (Lipinski definition) is 0. The molecule has 1 fully saturated rings. The summed E-state index contributed by atoms with van der Waals surface area (Å²) in [5, 5.41) is -0.431. The number of sulfone groups is 1. The summed E-state index contributed by atoms with van der Waals surface area (Å²) in [5.41, 5.74) is 0.865. The van der Waals surface area contributed by atoms with Crippen molar-refractivity contribution in [1.29, 1.82) is 0 Å². The predicted octanol–water partition coefficient (Wildman–Crippen LogP) is 2.03. The molecule has 0 unspecified atom stereocenters. The van der Waals surface area contributed by atoms with E-state index in [2.05, 4.69) is 0 Å². The van der Waals surface area contributed by atoms with Crippen LogP contribution < -0.4 is 0 Å². The average Bonchev–Trinajstić information content (AvgIpc) is 2.93. The van der Waals surface area contributed by atoms with E-state index in [1.165, 1.54) is 0 Å². The van der Waals surface area contributed by atoms with E-state index in [9.17, 15) is 13.2 Å². The fraction of sp³-hybridized carbons (Fsp3) is 0.533. The summed E-state index contributed by atoms with van der Waals surface area (Å²) < 4.78 is 24.0. The van der Waals surface area contributed by atoms with Gasteiger partial charge in [0.15, 0.2) is 9.84 Å². The van der Waals surface area contributed by atoms with E-state index in [0.29, 0.717) is 11.3 Å². The van der Waals surface area contributed by atoms with Crippen LogP contribution >= 0.6 is 0 Å². The molecule has 0 bridgehead atoms. The van der Waals surface area contributed by atoms with Crippen LogP contribution in [0.4, 0.5) is 0 Å². The van der Waals surface area contributed by atoms with Gasteiger partial charge in [0.2, 0.25) is 5.91 Å². The maximum Gasteiger partial charge on any atom is 0.226 e. The molecule has 0 N–H and O–H groups in total. The van der Waals surface area contributed by atoms with Crippen molar-refractivity contribution in [3.63, 3.8) is 0 Å². The lowest BCUT2D eigenvalue weighted by molar-refractivity contribution is -0.129. The van der Waals surface area contributed by atoms with Crippen molar-refractivity contribution in [3.05, 3.63) is 29.8 Å². The third-order valence-electron chi connectivity index (χ3n) is 3.69. The maximum atomic E-state index is 12.0. The fourth-order valence-corrected chi connectivity index (χ4v) is 3.38. The molecule has 110 valence electrons. The summed E-state index contributed by atoms with van der Waals surface area (Å²) in [6, 6.07) is 6.68. The summed E-state index contributed by atoms with van der Waals surface area (Å²) in [5.74, 6) is 0.127. The van der Waals surface area contributed by atoms with Crippen LogP contribution in [0.15, 0.2) is 29.2 Å². The predicted molar refractivity (Wildman–Crippen MR) is 78.3 cm³/mol. The van der Waals surface area contributed by atoms with Gasteiger partial charge in [-0.1, -0.05) is 12.1 Å². The molecule has 5 heteroatoms. The van der Waals surface area contributed by atoms with Crippen molar-refractivity contribution in [1.82, 2.24) is 4.90 Å². The van der Waals surface area contributed by atoms with Crippen LogP contribution in [0.3, 0.4) is 0 Å². The van der Waals surface area contributed by atoms with E-state index in [1.54, 1.807) is 38.1 Å². The Bertz CT molecular complexity index is 570. The third kappa shape index (κ3) is 3.20. The van der Waals surface area contributed by atoms with E-state index in [-0.39, 0.29) is 5.91 Å². The van der Waals surface area contributed by atoms with Crippen molar-refractivity contribution in [3.8, 4) is 0 Å². The molecule has 0 aromatic heterocycles. The second kappa shape index (κ2) is 5.95. The smallest absolute Gasteiger partial charge is 0.226 e. The molecule has 1 aromatic rings. The minimum Gasteiger partial charge on any atom is -0.342 e. The second-order valence-electron chi connectivity index (χ2n) is 5.50. The zero-order valence-corrected chi connectivity index (χ0v) is 12.8. The third-order valence-corrected chi connectivity index (χ3v) is 5.86. The zero-order chi connectivity index (χ0) is 14.8. The highest BCUT2D eigenvalue weighted by Gasteiger charge is 2.20. The first-order valence-electron chi connectivity index (χ1n) is 7.02. The number of carbonyl (C=O) groups excluding carboxylic acids is 1. The van der Waals surface area contributed by atoms with E-state index < -0.39 is 15.1 Å². The standard InChI is InChI=1S/C15H21NO3S/c1-12(2)20(18,19)14-7-5-13(6-8-14)11-15(17)16-9-3-4-10-16/h5-8,12H,3-4,9-11H2,1-2H3. The van der Waals surface area contributed by atoms with Gasteiger partial charge in [-0.15, -0.1) is 0 Å². The molecule has 20 heavy (non-hydrogen) atoms. The molecule has 1 heterocycles. The SMILES string of the molecule is CC(C)S(=O)(=O)c1ccc(CC(=O)N2CCCC2)cc1. The van der Waals surface area contributed by atoms with E-state index >= 15 is 0 Å². The highest BCUT2D eigenvalue weighted by Crippen LogP contribution is 2.17. The highest BCUT2D eigenvalue weighted by atomic mass is 32.2. The van der Waals surface area contributed by atoms with Crippen molar-refractivity contribution >= 4 is 15.7 Å². The van der Waals surface area contributed by atoms with Gasteiger partial charge in [0.05, 0.1) is 16.6 Å². The number of carbonyl (C=O) groups is 1. The molecule has 0 saturated carbocycles. The minimum atomic E-state index is -3.23. The molecule has 1 aliphatic rings. The first-order valence-corrected chi connectivity index (χ1v) is 8.56. The average molecular weight is 295 g/mol. The number of rotatable bonds is 4. The van der Waals surface area contributed by atoms with Crippen molar-refractivity contribution in [2.75, 3.05) is 13.1 Å². The maximum absolute atomic E-state index is 12.0. The fourth-order valence-electron chi connectivity index (χ4n) is 2.32. The molecule has 0 aliphatic carbocycles. The Morgan fingerprint density at radius 3 is 2.20 bits per heavy atom. The van der Waals surface area contributed by atoms with Crippen LogP contribution in [0.5, 0.6) is 0 Å². The summed E-state index contributed by atoms with van der Waals surface area (Å²) in [4.78, 5) is 14.2. The van der Waals surface area contributed by atoms with Crippen LogP contribution in [0.25, 0.3) is 0 Å². The summed E-state index contributed by atoms with van der Waals surface area (Å²) in [6.45, 7) is 5.03. The molecule has 2 rings (SSSR count). The minimum absolute atomic E-state index is 0.127. The molecular weight excluding hydrogens is 274 g/mol. The number of likely N-dealkylation sites (tertiary alicyclic amines) is 1. The van der Waals surface area contributed by atoms with E-state index in [0.717, 1.165) is 31.5 Å². The Labute approximate surface area is 120 Å². The van der Waals surface area contributed by atoms with Crippen molar-refractivity contribution in [2.24, 2.45) is 0 Å². The summed E-state index contributed by atoms with van der Waals surface area (Å²) >= 11 is 0. The molecule has 0 spiro atoms. The van der Waals surface area contributed by atoms with Gasteiger partial charge < -0.3 is 4.90 Å². The topological polar surface area (TPSA) is 54.5 Å². The Hall–Kier alpha value is -1.36. The molecule has 1 saturated heterocycles. The van der Waals surface area contributed by atoms with Gasteiger partial charge in [0.25, 0.3) is 0 Å². The molecule has 1 amide bonds. The van der Waals surface area contributed by atoms with Crippen LogP contribution in [0.2, 0.25) is 0 Å². The van der Waals surface area contributed by atoms with Crippen LogP contribution in [-0.4, -0.2) is 37.6 Å². The molecule has 1 aromatic carbocycles. The Balaban J connectivity index is 2.07. The molecule has 1 aliphatic heterocycles. The van der Waals surface area contributed by atoms with Gasteiger partial charge in [-0.05, 0) is 44.4 Å². The summed E-state index contributed by atoms with van der Waals surface area (Å²) in [6.07, 6.45) is 2.51. The van der Waals surface area contributed by atoms with E-state index in [4.69, 9.17) is 0 Å². The zero-order valence-electron chi connectivity index (χ0n) is 12.0. The van der Waals surface area contributed by atoms with Gasteiger partial charge in [0.1, 0.15) is 0 Å². The normalized spacial score (nSPS) is 15.8. The first kappa shape index (κ1) is 15.0. The number of hydrogen-bond acceptors (Lipinski definition) is 3. The Kier molecular flexibility index (Phi) is 4.48. The van der Waals surface area contributed by atoms with Crippen LogP contribution in [0.1, 0.15) is 32.3 Å². The van der Waals surface area contributed by atoms with Crippen LogP contribution in [-0.2, 0) is 21.1 Å². The van der Waals surface area contributed by atoms with Gasteiger partial charge >= 0.3 is 0 Å². The lowest BCUT2D eigenvalue weighted by atomic mass is 10.1. The molecular formula is C15H21NO3S. The largest absolute Gasteiger partial charge is 0.342 e. The second-order valence-corrected chi connectivity index (χ2v) is 8.01. The van der Waals surface area contributed by atoms with Crippen LogP contribution in [0, 0.1) is 0 Å². The van der Waals surface area contributed by atoms with E-state index in [1.807, 2.05) is 4.90 Å². The van der Waals surface area contributed by atoms with Crippen molar-refractivity contribution < 1.29 is 13.2 Å². The van der Waals surface area contributed by atoms with Gasteiger partial charge in [-0.25, -0.2) is 8.42 Å². The Morgan fingerprint density at radius 1 is 1.15 bits per heavy atom. The van der Waals surface area contributed by atoms with Crippen molar-refractivity contribution in [2.45, 2.75) is 43.3 Å². The highest BCUT2D eigenvalue weighted by molar-refractivity contribution is 7.92. The molecule has 4 nitrogen and oxygen atoms in total. The lowest BCUT2D eigenvalue weighted by Gasteiger charge is -2.15. The monoisotopic (exact) mass is 295 g/mol. The molecule has 0 radical (unpaired) electrons. The Morgan fingerprint density at radius 2 is 1.70 bits per heavy atom. The quantitative estimate of drug-likeness (QED) is 0.854. The number of amides is 1. The number of benzene rings is 1. The first-order chi connectivity index (χ1) is 9.41. The lowest BCUT2D eigenvalue weighted by Crippen LogP contribution is -2.29. The van der Waals surface area contributed by atoms with Gasteiger partial charge in [-0.2, -0.15) is 0 Å². The van der Waals surface area contributed by atoms with Gasteiger partial charge in [0, 0.05) is 13.1 Å². The molecule has 0 atom stereocenters. The number of nitrogens with zero attached hydrogens (tertiary/aromatic N) is 1.